The molecule has 2 aliphatic rings. The maximum atomic E-state index is 12.3. The largest absolute Gasteiger partial charge is 0.493 e. The number of amides is 2. The Labute approximate surface area is 182 Å². The molecule has 2 heterocycles. The number of rotatable bonds is 7. The van der Waals surface area contributed by atoms with E-state index in [9.17, 15) is 4.79 Å². The molecule has 2 N–H and O–H groups in total. The molecule has 31 heavy (non-hydrogen) atoms. The van der Waals surface area contributed by atoms with Crippen LogP contribution in [0.2, 0.25) is 0 Å². The lowest BCUT2D eigenvalue weighted by molar-refractivity contribution is 0.122. The minimum atomic E-state index is -0.308. The number of nitrogens with zero attached hydrogens (tertiary/aromatic N) is 2. The van der Waals surface area contributed by atoms with Gasteiger partial charge in [-0.2, -0.15) is 0 Å². The fourth-order valence-electron chi connectivity index (χ4n) is 3.92. The Bertz CT molecular complexity index is 862. The smallest absolute Gasteiger partial charge is 0.320 e. The van der Waals surface area contributed by atoms with Crippen LogP contribution in [0.1, 0.15) is 31.2 Å². The van der Waals surface area contributed by atoms with Crippen molar-refractivity contribution < 1.29 is 19.0 Å². The third-order valence-electron chi connectivity index (χ3n) is 5.64. The number of hydrogen-bond acceptors (Lipinski definition) is 6. The quantitative estimate of drug-likeness (QED) is 0.704. The second-order valence-corrected chi connectivity index (χ2v) is 7.82. The molecule has 1 aromatic carbocycles. The summed E-state index contributed by atoms with van der Waals surface area (Å²) in [7, 11) is 1.63. The number of methoxy groups -OCH3 is 1. The highest BCUT2D eigenvalue weighted by Crippen LogP contribution is 2.32. The number of ether oxygens (including phenoxy) is 3. The van der Waals surface area contributed by atoms with Crippen molar-refractivity contribution in [2.75, 3.05) is 43.6 Å². The number of anilines is 2. The lowest BCUT2D eigenvalue weighted by Crippen LogP contribution is -2.36. The summed E-state index contributed by atoms with van der Waals surface area (Å²) in [5, 5.41) is 5.63. The first kappa shape index (κ1) is 21.2. The number of nitrogens with one attached hydrogen (secondary N) is 2. The van der Waals surface area contributed by atoms with Crippen molar-refractivity contribution in [3.63, 3.8) is 0 Å². The standard InChI is InChI=1S/C23H30N4O4/c1-29-21-14-17(6-8-20(21)31-19-4-2-3-5-19)15-25-23(28)26-22-9-7-18(16-24-22)27-10-12-30-13-11-27/h6-9,14,16,19H,2-5,10-13,15H2,1H3,(H2,24,25,26,28). The van der Waals surface area contributed by atoms with Crippen LogP contribution < -0.4 is 25.0 Å². The summed E-state index contributed by atoms with van der Waals surface area (Å²) in [6, 6.07) is 9.22. The number of urea groups is 1. The molecule has 0 radical (unpaired) electrons. The van der Waals surface area contributed by atoms with Gasteiger partial charge in [0.2, 0.25) is 0 Å². The van der Waals surface area contributed by atoms with Crippen molar-refractivity contribution in [2.45, 2.75) is 38.3 Å². The van der Waals surface area contributed by atoms with Crippen LogP contribution in [-0.2, 0) is 11.3 Å². The molecule has 166 valence electrons. The highest BCUT2D eigenvalue weighted by molar-refractivity contribution is 5.88. The molecule has 0 atom stereocenters. The predicted octanol–water partition coefficient (Wildman–Crippen LogP) is 3.57. The molecule has 0 bridgehead atoms. The third kappa shape index (κ3) is 5.79. The summed E-state index contributed by atoms with van der Waals surface area (Å²) in [6.45, 7) is 3.52. The van der Waals surface area contributed by atoms with E-state index in [0.717, 1.165) is 56.1 Å². The van der Waals surface area contributed by atoms with Gasteiger partial charge in [0.15, 0.2) is 11.5 Å². The average Bonchev–Trinajstić information content (AvgIpc) is 3.32. The van der Waals surface area contributed by atoms with Gasteiger partial charge < -0.3 is 24.4 Å². The zero-order chi connectivity index (χ0) is 21.5. The van der Waals surface area contributed by atoms with Crippen molar-refractivity contribution >= 4 is 17.5 Å². The number of pyridine rings is 1. The van der Waals surface area contributed by atoms with Crippen LogP contribution >= 0.6 is 0 Å². The van der Waals surface area contributed by atoms with Gasteiger partial charge in [0, 0.05) is 19.6 Å². The van der Waals surface area contributed by atoms with Crippen LogP contribution in [0, 0.1) is 0 Å². The Balaban J connectivity index is 1.28. The number of carbonyl (C=O) groups excluding carboxylic acids is 1. The predicted molar refractivity (Wildman–Crippen MR) is 119 cm³/mol. The van der Waals surface area contributed by atoms with E-state index in [4.69, 9.17) is 14.2 Å². The van der Waals surface area contributed by atoms with E-state index in [1.165, 1.54) is 12.8 Å². The highest BCUT2D eigenvalue weighted by atomic mass is 16.5. The lowest BCUT2D eigenvalue weighted by atomic mass is 10.2. The zero-order valence-corrected chi connectivity index (χ0v) is 17.9. The Hall–Kier alpha value is -3.00. The summed E-state index contributed by atoms with van der Waals surface area (Å²) >= 11 is 0. The van der Waals surface area contributed by atoms with Crippen molar-refractivity contribution in [1.82, 2.24) is 10.3 Å². The van der Waals surface area contributed by atoms with E-state index in [-0.39, 0.29) is 12.1 Å². The monoisotopic (exact) mass is 426 g/mol. The summed E-state index contributed by atoms with van der Waals surface area (Å²) in [5.74, 6) is 1.95. The van der Waals surface area contributed by atoms with Crippen LogP contribution in [-0.4, -0.2) is 50.5 Å². The summed E-state index contributed by atoms with van der Waals surface area (Å²) < 4.78 is 16.9. The van der Waals surface area contributed by atoms with Crippen LogP contribution in [0.3, 0.4) is 0 Å². The Morgan fingerprint density at radius 3 is 2.68 bits per heavy atom. The molecule has 1 saturated carbocycles. The number of hydrogen-bond donors (Lipinski definition) is 2. The van der Waals surface area contributed by atoms with Crippen LogP contribution in [0.25, 0.3) is 0 Å². The molecule has 4 rings (SSSR count). The first-order chi connectivity index (χ1) is 15.2. The maximum absolute atomic E-state index is 12.3. The van der Waals surface area contributed by atoms with E-state index in [1.807, 2.05) is 30.3 Å². The molecule has 1 aromatic heterocycles. The fourth-order valence-corrected chi connectivity index (χ4v) is 3.92. The van der Waals surface area contributed by atoms with Gasteiger partial charge in [-0.25, -0.2) is 9.78 Å². The Kier molecular flexibility index (Phi) is 7.09. The average molecular weight is 427 g/mol. The summed E-state index contributed by atoms with van der Waals surface area (Å²) in [6.07, 6.45) is 6.66. The van der Waals surface area contributed by atoms with E-state index in [2.05, 4.69) is 20.5 Å². The van der Waals surface area contributed by atoms with Crippen molar-refractivity contribution in [1.29, 1.82) is 0 Å². The van der Waals surface area contributed by atoms with Gasteiger partial charge in [-0.05, 0) is 55.5 Å². The van der Waals surface area contributed by atoms with E-state index >= 15 is 0 Å². The van der Waals surface area contributed by atoms with Gasteiger partial charge in [0.25, 0.3) is 0 Å². The molecule has 8 nitrogen and oxygen atoms in total. The van der Waals surface area contributed by atoms with Crippen molar-refractivity contribution in [3.05, 3.63) is 42.1 Å². The number of carbonyl (C=O) groups is 1. The van der Waals surface area contributed by atoms with Gasteiger partial charge in [-0.3, -0.25) is 5.32 Å². The van der Waals surface area contributed by atoms with Gasteiger partial charge in [0.1, 0.15) is 5.82 Å². The molecule has 1 saturated heterocycles. The second kappa shape index (κ2) is 10.3. The molecule has 1 aliphatic heterocycles. The zero-order valence-electron chi connectivity index (χ0n) is 17.9. The molecular weight excluding hydrogens is 396 g/mol. The van der Waals surface area contributed by atoms with Crippen LogP contribution in [0.15, 0.2) is 36.5 Å². The van der Waals surface area contributed by atoms with Gasteiger partial charge in [0.05, 0.1) is 38.3 Å². The number of benzene rings is 1. The molecule has 0 spiro atoms. The Morgan fingerprint density at radius 1 is 1.16 bits per heavy atom. The minimum absolute atomic E-state index is 0.269. The summed E-state index contributed by atoms with van der Waals surface area (Å²) in [5.41, 5.74) is 1.96. The Morgan fingerprint density at radius 2 is 1.97 bits per heavy atom. The second-order valence-electron chi connectivity index (χ2n) is 7.82. The molecule has 2 aromatic rings. The first-order valence-electron chi connectivity index (χ1n) is 10.9. The van der Waals surface area contributed by atoms with Crippen LogP contribution in [0.4, 0.5) is 16.3 Å². The normalized spacial score (nSPS) is 16.7. The molecule has 1 aliphatic carbocycles. The highest BCUT2D eigenvalue weighted by Gasteiger charge is 2.18. The fraction of sp³-hybridized carbons (Fsp3) is 0.478. The maximum Gasteiger partial charge on any atom is 0.320 e. The third-order valence-corrected chi connectivity index (χ3v) is 5.64. The van der Waals surface area contributed by atoms with E-state index in [1.54, 1.807) is 13.3 Å². The molecular formula is C23H30N4O4. The molecule has 8 heteroatoms. The topological polar surface area (TPSA) is 85.0 Å². The molecule has 0 unspecified atom stereocenters. The van der Waals surface area contributed by atoms with Crippen LogP contribution in [0.5, 0.6) is 11.5 Å². The molecule has 2 fully saturated rings. The van der Waals surface area contributed by atoms with E-state index < -0.39 is 0 Å². The number of morpholine rings is 1. The van der Waals surface area contributed by atoms with Crippen molar-refractivity contribution in [3.8, 4) is 11.5 Å². The van der Waals surface area contributed by atoms with Gasteiger partial charge in [-0.15, -0.1) is 0 Å². The first-order valence-corrected chi connectivity index (χ1v) is 10.9. The molecule has 2 amide bonds. The minimum Gasteiger partial charge on any atom is -0.493 e. The SMILES string of the molecule is COc1cc(CNC(=O)Nc2ccc(N3CCOCC3)cn2)ccc1OC1CCCC1. The van der Waals surface area contributed by atoms with Crippen molar-refractivity contribution in [2.24, 2.45) is 0 Å². The lowest BCUT2D eigenvalue weighted by Gasteiger charge is -2.28. The van der Waals surface area contributed by atoms with Gasteiger partial charge in [-0.1, -0.05) is 6.07 Å². The van der Waals surface area contributed by atoms with Gasteiger partial charge >= 0.3 is 6.03 Å². The number of aromatic nitrogens is 1. The van der Waals surface area contributed by atoms with E-state index in [0.29, 0.717) is 18.1 Å². The summed E-state index contributed by atoms with van der Waals surface area (Å²) in [4.78, 5) is 18.8.